The first-order valence-electron chi connectivity index (χ1n) is 7.83. The van der Waals surface area contributed by atoms with E-state index in [4.69, 9.17) is 14.2 Å². The van der Waals surface area contributed by atoms with Crippen LogP contribution in [0.5, 0.6) is 23.0 Å². The van der Waals surface area contributed by atoms with E-state index >= 15 is 0 Å². The van der Waals surface area contributed by atoms with Crippen molar-refractivity contribution in [1.29, 1.82) is 0 Å². The van der Waals surface area contributed by atoms with Crippen molar-refractivity contribution in [2.75, 3.05) is 13.7 Å². The summed E-state index contributed by atoms with van der Waals surface area (Å²) >= 11 is 0. The number of hydrogen-bond donors (Lipinski definition) is 2. The molecule has 0 saturated carbocycles. The van der Waals surface area contributed by atoms with Crippen molar-refractivity contribution in [2.45, 2.75) is 12.5 Å². The molecule has 6 nitrogen and oxygen atoms in total. The van der Waals surface area contributed by atoms with E-state index in [9.17, 15) is 15.0 Å². The minimum absolute atomic E-state index is 0.0325. The molecule has 2 heterocycles. The molecule has 0 fully saturated rings. The monoisotopic (exact) mass is 340 g/mol. The molecule has 0 spiro atoms. The maximum absolute atomic E-state index is 11.9. The molecule has 128 valence electrons. The molecule has 2 aliphatic heterocycles. The van der Waals surface area contributed by atoms with Crippen molar-refractivity contribution < 1.29 is 29.2 Å². The Hall–Kier alpha value is -3.15. The first-order chi connectivity index (χ1) is 12.1. The van der Waals surface area contributed by atoms with Crippen molar-refractivity contribution in [1.82, 2.24) is 0 Å². The number of carbonyl (C=O) groups is 1. The molecular formula is C19H16O6. The lowest BCUT2D eigenvalue weighted by Crippen LogP contribution is -2.30. The van der Waals surface area contributed by atoms with Crippen molar-refractivity contribution in [3.8, 4) is 23.0 Å². The van der Waals surface area contributed by atoms with Crippen molar-refractivity contribution >= 4 is 17.1 Å². The van der Waals surface area contributed by atoms with Crippen LogP contribution in [-0.4, -0.2) is 36.0 Å². The summed E-state index contributed by atoms with van der Waals surface area (Å²) in [5.74, 6) is 0.834. The Morgan fingerprint density at radius 3 is 2.52 bits per heavy atom. The third-order valence-electron chi connectivity index (χ3n) is 4.41. The predicted molar refractivity (Wildman–Crippen MR) is 89.6 cm³/mol. The third kappa shape index (κ3) is 2.55. The SMILES string of the molecule is COC(=O)CC1Oc2cc(O)ccc2C2=C1c1ccc(O)cc1OC2. The van der Waals surface area contributed by atoms with Crippen LogP contribution in [0.4, 0.5) is 0 Å². The largest absolute Gasteiger partial charge is 0.508 e. The van der Waals surface area contributed by atoms with Crippen LogP contribution in [0.25, 0.3) is 11.1 Å². The molecule has 0 aromatic heterocycles. The smallest absolute Gasteiger partial charge is 0.309 e. The quantitative estimate of drug-likeness (QED) is 0.818. The molecule has 0 bridgehead atoms. The van der Waals surface area contributed by atoms with Crippen LogP contribution in [0.3, 0.4) is 0 Å². The summed E-state index contributed by atoms with van der Waals surface area (Å²) in [6.45, 7) is 0.282. The molecule has 0 radical (unpaired) electrons. The van der Waals surface area contributed by atoms with E-state index in [0.717, 1.165) is 22.3 Å². The molecule has 1 unspecified atom stereocenters. The number of carbonyl (C=O) groups excluding carboxylic acids is 1. The van der Waals surface area contributed by atoms with E-state index in [-0.39, 0.29) is 24.5 Å². The summed E-state index contributed by atoms with van der Waals surface area (Å²) in [7, 11) is 1.33. The van der Waals surface area contributed by atoms with Crippen LogP contribution in [0.15, 0.2) is 36.4 Å². The number of ether oxygens (including phenoxy) is 3. The summed E-state index contributed by atoms with van der Waals surface area (Å²) in [5.41, 5.74) is 3.32. The van der Waals surface area contributed by atoms with Gasteiger partial charge < -0.3 is 24.4 Å². The summed E-state index contributed by atoms with van der Waals surface area (Å²) in [5, 5.41) is 19.4. The zero-order chi connectivity index (χ0) is 17.6. The number of rotatable bonds is 2. The second-order valence-electron chi connectivity index (χ2n) is 5.93. The van der Waals surface area contributed by atoms with E-state index < -0.39 is 12.1 Å². The zero-order valence-electron chi connectivity index (χ0n) is 13.5. The zero-order valence-corrected chi connectivity index (χ0v) is 13.5. The van der Waals surface area contributed by atoms with Gasteiger partial charge in [0.15, 0.2) is 0 Å². The molecule has 1 atom stereocenters. The first kappa shape index (κ1) is 15.4. The van der Waals surface area contributed by atoms with Gasteiger partial charge in [0.2, 0.25) is 0 Å². The summed E-state index contributed by atoms with van der Waals surface area (Å²) in [6, 6.07) is 9.73. The molecule has 0 saturated heterocycles. The van der Waals surface area contributed by atoms with Gasteiger partial charge in [-0.1, -0.05) is 0 Å². The van der Waals surface area contributed by atoms with Gasteiger partial charge in [-0.25, -0.2) is 0 Å². The van der Waals surface area contributed by atoms with E-state index in [2.05, 4.69) is 0 Å². The highest BCUT2D eigenvalue weighted by atomic mass is 16.5. The molecule has 25 heavy (non-hydrogen) atoms. The van der Waals surface area contributed by atoms with E-state index in [1.54, 1.807) is 30.3 Å². The molecule has 2 aromatic carbocycles. The maximum atomic E-state index is 11.9. The number of esters is 1. The van der Waals surface area contributed by atoms with Gasteiger partial charge >= 0.3 is 5.97 Å². The van der Waals surface area contributed by atoms with Gasteiger partial charge in [-0.15, -0.1) is 0 Å². The number of aromatic hydroxyl groups is 2. The Bertz CT molecular complexity index is 899. The number of methoxy groups -OCH3 is 1. The Kier molecular flexibility index (Phi) is 3.53. The molecular weight excluding hydrogens is 324 g/mol. The minimum atomic E-state index is -0.566. The van der Waals surface area contributed by atoms with Gasteiger partial charge in [-0.2, -0.15) is 0 Å². The average molecular weight is 340 g/mol. The number of phenolic OH excluding ortho intramolecular Hbond substituents is 2. The number of phenols is 2. The lowest BCUT2D eigenvalue weighted by atomic mass is 9.85. The Morgan fingerprint density at radius 1 is 1.12 bits per heavy atom. The highest BCUT2D eigenvalue weighted by Crippen LogP contribution is 2.47. The molecule has 4 rings (SSSR count). The van der Waals surface area contributed by atoms with E-state index in [1.807, 2.05) is 0 Å². The van der Waals surface area contributed by atoms with Crippen LogP contribution in [0.1, 0.15) is 17.5 Å². The van der Waals surface area contributed by atoms with E-state index in [1.165, 1.54) is 13.2 Å². The second kappa shape index (κ2) is 5.73. The third-order valence-corrected chi connectivity index (χ3v) is 4.41. The van der Waals surface area contributed by atoms with Crippen molar-refractivity contribution in [3.63, 3.8) is 0 Å². The fourth-order valence-electron chi connectivity index (χ4n) is 3.28. The van der Waals surface area contributed by atoms with Crippen LogP contribution in [-0.2, 0) is 9.53 Å². The van der Waals surface area contributed by atoms with Crippen molar-refractivity contribution in [2.24, 2.45) is 0 Å². The van der Waals surface area contributed by atoms with Crippen LogP contribution in [0.2, 0.25) is 0 Å². The Morgan fingerprint density at radius 2 is 1.80 bits per heavy atom. The van der Waals surface area contributed by atoms with E-state index in [0.29, 0.717) is 11.5 Å². The van der Waals surface area contributed by atoms with Gasteiger partial charge in [0.1, 0.15) is 35.7 Å². The predicted octanol–water partition coefficient (Wildman–Crippen LogP) is 2.73. The Labute approximate surface area is 143 Å². The van der Waals surface area contributed by atoms with Gasteiger partial charge in [0, 0.05) is 34.4 Å². The van der Waals surface area contributed by atoms with Gasteiger partial charge in [0.25, 0.3) is 0 Å². The average Bonchev–Trinajstić information content (AvgIpc) is 2.60. The van der Waals surface area contributed by atoms with Crippen LogP contribution < -0.4 is 9.47 Å². The Balaban J connectivity index is 1.90. The lowest BCUT2D eigenvalue weighted by molar-refractivity contribution is -0.141. The fourth-order valence-corrected chi connectivity index (χ4v) is 3.28. The molecule has 0 amide bonds. The van der Waals surface area contributed by atoms with Crippen molar-refractivity contribution in [3.05, 3.63) is 47.5 Å². The second-order valence-corrected chi connectivity index (χ2v) is 5.93. The number of benzene rings is 2. The highest BCUT2D eigenvalue weighted by Gasteiger charge is 2.35. The summed E-state index contributed by atoms with van der Waals surface area (Å²) in [6.07, 6.45) is -0.533. The molecule has 2 N–H and O–H groups in total. The maximum Gasteiger partial charge on any atom is 0.309 e. The topological polar surface area (TPSA) is 85.2 Å². The standard InChI is InChI=1S/C19H16O6/c1-23-18(22)8-17-19-13-5-3-10(20)6-15(13)24-9-14(19)12-4-2-11(21)7-16(12)25-17/h2-7,17,20-21H,8-9H2,1H3. The summed E-state index contributed by atoms with van der Waals surface area (Å²) < 4.78 is 16.6. The van der Waals surface area contributed by atoms with Crippen LogP contribution in [0, 0.1) is 0 Å². The molecule has 2 aliphatic rings. The minimum Gasteiger partial charge on any atom is -0.508 e. The first-order valence-corrected chi connectivity index (χ1v) is 7.83. The normalized spacial score (nSPS) is 17.6. The number of fused-ring (bicyclic) bond motifs is 4. The fraction of sp³-hybridized carbons (Fsp3) is 0.211. The summed E-state index contributed by atoms with van der Waals surface area (Å²) in [4.78, 5) is 11.9. The molecule has 6 heteroatoms. The number of hydrogen-bond acceptors (Lipinski definition) is 6. The van der Waals surface area contributed by atoms with Gasteiger partial charge in [0.05, 0.1) is 13.5 Å². The highest BCUT2D eigenvalue weighted by molar-refractivity contribution is 6.00. The lowest BCUT2D eigenvalue weighted by Gasteiger charge is -2.34. The van der Waals surface area contributed by atoms with Gasteiger partial charge in [-0.3, -0.25) is 4.79 Å². The molecule has 0 aliphatic carbocycles. The molecule has 2 aromatic rings. The van der Waals surface area contributed by atoms with Gasteiger partial charge in [-0.05, 0) is 24.3 Å². The van der Waals surface area contributed by atoms with Crippen LogP contribution >= 0.6 is 0 Å².